The predicted molar refractivity (Wildman–Crippen MR) is 64.5 cm³/mol. The van der Waals surface area contributed by atoms with E-state index in [1.54, 1.807) is 13.1 Å². The Hall–Kier alpha value is -2.04. The molecule has 1 aliphatic rings. The smallest absolute Gasteiger partial charge is 0.335 e. The minimum absolute atomic E-state index is 0.0150. The quantitative estimate of drug-likeness (QED) is 0.770. The molecular formula is C12H14N2O3. The van der Waals surface area contributed by atoms with Crippen molar-refractivity contribution in [1.82, 2.24) is 0 Å². The maximum atomic E-state index is 11.9. The maximum absolute atomic E-state index is 11.9. The second-order valence-corrected chi connectivity index (χ2v) is 4.22. The van der Waals surface area contributed by atoms with Crippen molar-refractivity contribution in [3.63, 3.8) is 0 Å². The molecule has 0 aromatic heterocycles. The van der Waals surface area contributed by atoms with Crippen LogP contribution in [0.4, 0.5) is 11.4 Å². The summed E-state index contributed by atoms with van der Waals surface area (Å²) in [4.78, 5) is 24.3. The Morgan fingerprint density at radius 3 is 2.88 bits per heavy atom. The molecule has 0 radical (unpaired) electrons. The number of nitrogens with zero attached hydrogens (tertiary/aromatic N) is 1. The fraction of sp³-hybridized carbons (Fsp3) is 0.333. The third-order valence-electron chi connectivity index (χ3n) is 2.96. The molecule has 17 heavy (non-hydrogen) atoms. The van der Waals surface area contributed by atoms with Gasteiger partial charge in [-0.05, 0) is 18.2 Å². The maximum Gasteiger partial charge on any atom is 0.335 e. The fourth-order valence-corrected chi connectivity index (χ4v) is 1.89. The first kappa shape index (κ1) is 11.4. The summed E-state index contributed by atoms with van der Waals surface area (Å²) in [6.45, 7) is 2.40. The molecule has 1 heterocycles. The Balaban J connectivity index is 2.49. The molecule has 1 unspecified atom stereocenters. The van der Waals surface area contributed by atoms with Gasteiger partial charge in [0.1, 0.15) is 0 Å². The van der Waals surface area contributed by atoms with Gasteiger partial charge in [-0.25, -0.2) is 4.79 Å². The van der Waals surface area contributed by atoms with E-state index < -0.39 is 5.97 Å². The third-order valence-corrected chi connectivity index (χ3v) is 2.96. The summed E-state index contributed by atoms with van der Waals surface area (Å²) in [6.07, 6.45) is 0. The SMILES string of the molecule is CC1CNc2ccc(C(=O)O)cc2N(C)C1=O. The van der Waals surface area contributed by atoms with Gasteiger partial charge in [-0.3, -0.25) is 4.79 Å². The number of carboxylic acids is 1. The lowest BCUT2D eigenvalue weighted by atomic mass is 10.1. The van der Waals surface area contributed by atoms with Crippen LogP contribution in [0.25, 0.3) is 0 Å². The molecule has 0 bridgehead atoms. The zero-order valence-electron chi connectivity index (χ0n) is 9.73. The minimum Gasteiger partial charge on any atom is -0.478 e. The topological polar surface area (TPSA) is 69.6 Å². The number of nitrogens with one attached hydrogen (secondary N) is 1. The van der Waals surface area contributed by atoms with Crippen molar-refractivity contribution >= 4 is 23.3 Å². The van der Waals surface area contributed by atoms with Crippen LogP contribution in [0.5, 0.6) is 0 Å². The van der Waals surface area contributed by atoms with Gasteiger partial charge in [-0.1, -0.05) is 6.92 Å². The van der Waals surface area contributed by atoms with Crippen LogP contribution in [0.15, 0.2) is 18.2 Å². The van der Waals surface area contributed by atoms with Gasteiger partial charge >= 0.3 is 5.97 Å². The van der Waals surface area contributed by atoms with Gasteiger partial charge in [0.15, 0.2) is 0 Å². The molecule has 1 aromatic carbocycles. The number of carbonyl (C=O) groups excluding carboxylic acids is 1. The Morgan fingerprint density at radius 2 is 2.24 bits per heavy atom. The number of benzene rings is 1. The van der Waals surface area contributed by atoms with E-state index >= 15 is 0 Å². The molecule has 0 saturated heterocycles. The molecule has 0 spiro atoms. The van der Waals surface area contributed by atoms with Crippen molar-refractivity contribution in [2.45, 2.75) is 6.92 Å². The highest BCUT2D eigenvalue weighted by molar-refractivity contribution is 6.01. The lowest BCUT2D eigenvalue weighted by Crippen LogP contribution is -2.31. The molecule has 1 aliphatic heterocycles. The first-order valence-electron chi connectivity index (χ1n) is 5.39. The summed E-state index contributed by atoms with van der Waals surface area (Å²) in [5, 5.41) is 12.1. The number of aromatic carboxylic acids is 1. The molecule has 0 aliphatic carbocycles. The highest BCUT2D eigenvalue weighted by Gasteiger charge is 2.25. The molecule has 90 valence electrons. The van der Waals surface area contributed by atoms with E-state index in [2.05, 4.69) is 5.32 Å². The van der Waals surface area contributed by atoms with Crippen molar-refractivity contribution < 1.29 is 14.7 Å². The zero-order chi connectivity index (χ0) is 12.6. The standard InChI is InChI=1S/C12H14N2O3/c1-7-6-13-9-4-3-8(12(16)17)5-10(9)14(2)11(7)15/h3-5,7,13H,6H2,1-2H3,(H,16,17). The van der Waals surface area contributed by atoms with E-state index in [1.807, 2.05) is 6.92 Å². The molecule has 2 N–H and O–H groups in total. The molecule has 1 atom stereocenters. The molecule has 2 rings (SSSR count). The summed E-state index contributed by atoms with van der Waals surface area (Å²) in [5.74, 6) is -1.13. The van der Waals surface area contributed by atoms with Crippen LogP contribution in [-0.2, 0) is 4.79 Å². The Labute approximate surface area is 99.0 Å². The van der Waals surface area contributed by atoms with Crippen molar-refractivity contribution in [2.24, 2.45) is 5.92 Å². The van der Waals surface area contributed by atoms with Gasteiger partial charge in [0.25, 0.3) is 0 Å². The molecule has 5 heteroatoms. The summed E-state index contributed by atoms with van der Waals surface area (Å²) in [7, 11) is 1.66. The van der Waals surface area contributed by atoms with Crippen molar-refractivity contribution in [3.8, 4) is 0 Å². The number of carboxylic acid groups (broad SMARTS) is 1. The van der Waals surface area contributed by atoms with Gasteiger partial charge in [-0.15, -0.1) is 0 Å². The van der Waals surface area contributed by atoms with Gasteiger partial charge in [0.2, 0.25) is 5.91 Å². The Kier molecular flexibility index (Phi) is 2.75. The van der Waals surface area contributed by atoms with E-state index in [0.717, 1.165) is 5.69 Å². The first-order valence-corrected chi connectivity index (χ1v) is 5.39. The summed E-state index contributed by atoms with van der Waals surface area (Å²) in [5.41, 5.74) is 1.58. The largest absolute Gasteiger partial charge is 0.478 e. The molecule has 1 amide bonds. The summed E-state index contributed by atoms with van der Waals surface area (Å²) in [6, 6.07) is 4.74. The molecule has 0 saturated carbocycles. The number of carbonyl (C=O) groups is 2. The van der Waals surface area contributed by atoms with Crippen LogP contribution in [0.2, 0.25) is 0 Å². The van der Waals surface area contributed by atoms with Gasteiger partial charge in [0, 0.05) is 13.6 Å². The molecule has 1 aromatic rings. The van der Waals surface area contributed by atoms with Crippen molar-refractivity contribution in [1.29, 1.82) is 0 Å². The number of anilines is 2. The highest BCUT2D eigenvalue weighted by atomic mass is 16.4. The van der Waals surface area contributed by atoms with Crippen LogP contribution < -0.4 is 10.2 Å². The second kappa shape index (κ2) is 4.08. The zero-order valence-corrected chi connectivity index (χ0v) is 9.73. The number of hydrogen-bond donors (Lipinski definition) is 2. The van der Waals surface area contributed by atoms with Crippen LogP contribution in [0.1, 0.15) is 17.3 Å². The lowest BCUT2D eigenvalue weighted by molar-refractivity contribution is -0.121. The van der Waals surface area contributed by atoms with Crippen LogP contribution >= 0.6 is 0 Å². The van der Waals surface area contributed by atoms with Crippen LogP contribution in [-0.4, -0.2) is 30.6 Å². The first-order chi connectivity index (χ1) is 8.00. The van der Waals surface area contributed by atoms with Crippen molar-refractivity contribution in [3.05, 3.63) is 23.8 Å². The van der Waals surface area contributed by atoms with E-state index in [1.165, 1.54) is 17.0 Å². The number of hydrogen-bond acceptors (Lipinski definition) is 3. The predicted octanol–water partition coefficient (Wildman–Crippen LogP) is 1.41. The molecule has 0 fully saturated rings. The molecular weight excluding hydrogens is 220 g/mol. The molecule has 5 nitrogen and oxygen atoms in total. The van der Waals surface area contributed by atoms with E-state index in [9.17, 15) is 9.59 Å². The van der Waals surface area contributed by atoms with Gasteiger partial charge < -0.3 is 15.3 Å². The second-order valence-electron chi connectivity index (χ2n) is 4.22. The van der Waals surface area contributed by atoms with Crippen LogP contribution in [0.3, 0.4) is 0 Å². The summed E-state index contributed by atoms with van der Waals surface area (Å²) >= 11 is 0. The van der Waals surface area contributed by atoms with Gasteiger partial charge in [0.05, 0.1) is 22.9 Å². The Bertz CT molecular complexity index is 485. The average Bonchev–Trinajstić information content (AvgIpc) is 2.42. The Morgan fingerprint density at radius 1 is 1.53 bits per heavy atom. The van der Waals surface area contributed by atoms with Crippen molar-refractivity contribution in [2.75, 3.05) is 23.8 Å². The fourth-order valence-electron chi connectivity index (χ4n) is 1.89. The summed E-state index contributed by atoms with van der Waals surface area (Å²) < 4.78 is 0. The normalized spacial score (nSPS) is 19.3. The van der Waals surface area contributed by atoms with Gasteiger partial charge in [-0.2, -0.15) is 0 Å². The lowest BCUT2D eigenvalue weighted by Gasteiger charge is -2.18. The van der Waals surface area contributed by atoms with E-state index in [0.29, 0.717) is 12.2 Å². The number of amides is 1. The minimum atomic E-state index is -0.994. The van der Waals surface area contributed by atoms with Crippen LogP contribution in [0, 0.1) is 5.92 Å². The highest BCUT2D eigenvalue weighted by Crippen LogP contribution is 2.30. The van der Waals surface area contributed by atoms with E-state index in [4.69, 9.17) is 5.11 Å². The monoisotopic (exact) mass is 234 g/mol. The average molecular weight is 234 g/mol. The van der Waals surface area contributed by atoms with E-state index in [-0.39, 0.29) is 17.4 Å². The number of rotatable bonds is 1. The number of fused-ring (bicyclic) bond motifs is 1. The third kappa shape index (κ3) is 1.95.